The average Bonchev–Trinajstić information content (AvgIpc) is 2.22. The van der Waals surface area contributed by atoms with Gasteiger partial charge < -0.3 is 10.4 Å². The zero-order valence-electron chi connectivity index (χ0n) is 8.98. The first-order chi connectivity index (χ1) is 7.20. The van der Waals surface area contributed by atoms with Crippen molar-refractivity contribution in [2.24, 2.45) is 0 Å². The lowest BCUT2D eigenvalue weighted by Crippen LogP contribution is -2.25. The molecule has 0 aromatic heterocycles. The molecule has 0 aromatic rings. The third-order valence-electron chi connectivity index (χ3n) is 2.09. The summed E-state index contributed by atoms with van der Waals surface area (Å²) in [4.78, 5) is 11.1. The molecule has 0 saturated heterocycles. The van der Waals surface area contributed by atoms with Crippen LogP contribution in [0.2, 0.25) is 0 Å². The Bertz CT molecular complexity index is 168. The van der Waals surface area contributed by atoms with Crippen LogP contribution in [0.4, 0.5) is 0 Å². The van der Waals surface area contributed by atoms with Gasteiger partial charge in [0.25, 0.3) is 0 Å². The van der Waals surface area contributed by atoms with Crippen LogP contribution < -0.4 is 5.32 Å². The Hall–Kier alpha value is 0.130. The van der Waals surface area contributed by atoms with E-state index in [0.29, 0.717) is 18.2 Å². The van der Waals surface area contributed by atoms with Gasteiger partial charge in [0.05, 0.1) is 6.61 Å². The van der Waals surface area contributed by atoms with Crippen molar-refractivity contribution in [3.63, 3.8) is 0 Å². The van der Waals surface area contributed by atoms with Crippen molar-refractivity contribution < 1.29 is 9.90 Å². The highest BCUT2D eigenvalue weighted by Gasteiger charge is 2.03. The van der Waals surface area contributed by atoms with E-state index in [1.807, 2.05) is 0 Å². The van der Waals surface area contributed by atoms with E-state index in [1.54, 1.807) is 0 Å². The van der Waals surface area contributed by atoms with E-state index >= 15 is 0 Å². The number of carbonyl (C=O) groups excluding carboxylic acids is 1. The van der Waals surface area contributed by atoms with Crippen LogP contribution in [0.15, 0.2) is 0 Å². The van der Waals surface area contributed by atoms with Gasteiger partial charge in [-0.2, -0.15) is 25.3 Å². The van der Waals surface area contributed by atoms with Crippen LogP contribution in [0, 0.1) is 0 Å². The first-order valence-corrected chi connectivity index (χ1v) is 6.52. The van der Waals surface area contributed by atoms with E-state index in [0.717, 1.165) is 31.4 Å². The molecule has 1 unspecified atom stereocenters. The molecule has 1 atom stereocenters. The minimum Gasteiger partial charge on any atom is -0.395 e. The normalized spacial score (nSPS) is 12.5. The molecule has 0 rings (SSSR count). The Labute approximate surface area is 103 Å². The number of unbranched alkanes of at least 4 members (excludes halogenated alkanes) is 1. The van der Waals surface area contributed by atoms with Crippen molar-refractivity contribution in [3.05, 3.63) is 0 Å². The van der Waals surface area contributed by atoms with Crippen molar-refractivity contribution in [2.45, 2.75) is 37.4 Å². The molecule has 0 aromatic carbocycles. The molecular formula is C10H21NO2S2. The highest BCUT2D eigenvalue weighted by Crippen LogP contribution is 2.12. The lowest BCUT2D eigenvalue weighted by Gasteiger charge is -2.08. The number of thiol groups is 2. The van der Waals surface area contributed by atoms with Gasteiger partial charge in [0.15, 0.2) is 0 Å². The fourth-order valence-electron chi connectivity index (χ4n) is 1.24. The second kappa shape index (κ2) is 10.6. The van der Waals surface area contributed by atoms with Crippen LogP contribution in [0.25, 0.3) is 0 Å². The third kappa shape index (κ3) is 10.4. The number of aliphatic hydroxyl groups is 1. The summed E-state index contributed by atoms with van der Waals surface area (Å²) in [5.74, 6) is 0.888. The summed E-state index contributed by atoms with van der Waals surface area (Å²) in [6.45, 7) is 0.361. The minimum absolute atomic E-state index is 0.00635. The topological polar surface area (TPSA) is 49.3 Å². The molecule has 90 valence electrons. The maximum Gasteiger partial charge on any atom is 0.220 e. The lowest BCUT2D eigenvalue weighted by molar-refractivity contribution is -0.121. The Morgan fingerprint density at radius 1 is 1.33 bits per heavy atom. The molecule has 0 aliphatic carbocycles. The molecule has 0 aliphatic rings. The second-order valence-electron chi connectivity index (χ2n) is 3.49. The molecule has 0 spiro atoms. The summed E-state index contributed by atoms with van der Waals surface area (Å²) in [5, 5.41) is 11.5. The number of rotatable bonds is 9. The van der Waals surface area contributed by atoms with E-state index < -0.39 is 0 Å². The van der Waals surface area contributed by atoms with Crippen LogP contribution in [0.5, 0.6) is 0 Å². The zero-order chi connectivity index (χ0) is 11.5. The smallest absolute Gasteiger partial charge is 0.220 e. The van der Waals surface area contributed by atoms with E-state index in [-0.39, 0.29) is 12.5 Å². The van der Waals surface area contributed by atoms with Crippen molar-refractivity contribution in [1.82, 2.24) is 5.32 Å². The van der Waals surface area contributed by atoms with Gasteiger partial charge in [0, 0.05) is 18.2 Å². The average molecular weight is 251 g/mol. The van der Waals surface area contributed by atoms with Crippen LogP contribution in [0.1, 0.15) is 32.1 Å². The van der Waals surface area contributed by atoms with Crippen LogP contribution in [0.3, 0.4) is 0 Å². The van der Waals surface area contributed by atoms with Gasteiger partial charge in [-0.3, -0.25) is 4.79 Å². The molecule has 0 heterocycles. The van der Waals surface area contributed by atoms with Crippen LogP contribution >= 0.6 is 25.3 Å². The number of hydrogen-bond donors (Lipinski definition) is 4. The predicted molar refractivity (Wildman–Crippen MR) is 69.8 cm³/mol. The van der Waals surface area contributed by atoms with Crippen molar-refractivity contribution in [1.29, 1.82) is 0 Å². The molecule has 5 heteroatoms. The molecule has 0 bridgehead atoms. The van der Waals surface area contributed by atoms with Crippen molar-refractivity contribution in [3.8, 4) is 0 Å². The van der Waals surface area contributed by atoms with E-state index in [2.05, 4.69) is 30.6 Å². The molecule has 1 amide bonds. The highest BCUT2D eigenvalue weighted by atomic mass is 32.1. The first-order valence-electron chi connectivity index (χ1n) is 5.37. The zero-order valence-corrected chi connectivity index (χ0v) is 10.8. The SMILES string of the molecule is O=C(CCCCC(S)CCS)NCCO. The third-order valence-corrected chi connectivity index (χ3v) is 2.86. The van der Waals surface area contributed by atoms with Gasteiger partial charge in [-0.05, 0) is 25.0 Å². The fraction of sp³-hybridized carbons (Fsp3) is 0.900. The Balaban J connectivity index is 3.26. The molecule has 15 heavy (non-hydrogen) atoms. The summed E-state index contributed by atoms with van der Waals surface area (Å²) < 4.78 is 0. The molecule has 2 N–H and O–H groups in total. The second-order valence-corrected chi connectivity index (χ2v) is 4.66. The van der Waals surface area contributed by atoms with E-state index in [1.165, 1.54) is 0 Å². The van der Waals surface area contributed by atoms with Gasteiger partial charge in [-0.25, -0.2) is 0 Å². The standard InChI is InChI=1S/C10H21NO2S2/c12-7-6-11-10(13)4-2-1-3-9(15)5-8-14/h9,12,14-15H,1-8H2,(H,11,13). The van der Waals surface area contributed by atoms with Crippen LogP contribution in [-0.4, -0.2) is 35.2 Å². The molecule has 3 nitrogen and oxygen atoms in total. The van der Waals surface area contributed by atoms with E-state index in [9.17, 15) is 4.79 Å². The monoisotopic (exact) mass is 251 g/mol. The Morgan fingerprint density at radius 3 is 2.67 bits per heavy atom. The molecule has 0 radical (unpaired) electrons. The number of hydrogen-bond acceptors (Lipinski definition) is 4. The van der Waals surface area contributed by atoms with Crippen molar-refractivity contribution >= 4 is 31.2 Å². The molecule has 0 saturated carbocycles. The number of nitrogens with one attached hydrogen (secondary N) is 1. The number of aliphatic hydroxyl groups excluding tert-OH is 1. The highest BCUT2D eigenvalue weighted by molar-refractivity contribution is 7.81. The van der Waals surface area contributed by atoms with E-state index in [4.69, 9.17) is 5.11 Å². The minimum atomic E-state index is 0.00635. The largest absolute Gasteiger partial charge is 0.395 e. The predicted octanol–water partition coefficient (Wildman–Crippen LogP) is 1.27. The maximum atomic E-state index is 11.1. The molecule has 0 aliphatic heterocycles. The molecular weight excluding hydrogens is 230 g/mol. The quantitative estimate of drug-likeness (QED) is 0.368. The summed E-state index contributed by atoms with van der Waals surface area (Å²) >= 11 is 8.55. The van der Waals surface area contributed by atoms with Gasteiger partial charge in [-0.1, -0.05) is 6.42 Å². The number of amides is 1. The van der Waals surface area contributed by atoms with Gasteiger partial charge >= 0.3 is 0 Å². The first kappa shape index (κ1) is 15.1. The van der Waals surface area contributed by atoms with Crippen molar-refractivity contribution in [2.75, 3.05) is 18.9 Å². The van der Waals surface area contributed by atoms with Gasteiger partial charge in [-0.15, -0.1) is 0 Å². The fourth-order valence-corrected chi connectivity index (χ4v) is 2.07. The van der Waals surface area contributed by atoms with Gasteiger partial charge in [0.1, 0.15) is 0 Å². The summed E-state index contributed by atoms with van der Waals surface area (Å²) in [6, 6.07) is 0. The summed E-state index contributed by atoms with van der Waals surface area (Å²) in [7, 11) is 0. The maximum absolute atomic E-state index is 11.1. The summed E-state index contributed by atoms with van der Waals surface area (Å²) in [6.07, 6.45) is 4.51. The molecule has 0 fully saturated rings. The Kier molecular flexibility index (Phi) is 10.7. The number of carbonyl (C=O) groups is 1. The lowest BCUT2D eigenvalue weighted by atomic mass is 10.1. The van der Waals surface area contributed by atoms with Gasteiger partial charge in [0.2, 0.25) is 5.91 Å². The Morgan fingerprint density at radius 2 is 2.07 bits per heavy atom. The van der Waals surface area contributed by atoms with Crippen LogP contribution in [-0.2, 0) is 4.79 Å². The summed E-state index contributed by atoms with van der Waals surface area (Å²) in [5.41, 5.74) is 0.